The molecule has 1 fully saturated rings. The van der Waals surface area contributed by atoms with Gasteiger partial charge in [0, 0.05) is 5.92 Å². The standard InChI is InChI=1S/C30H31N5O5/c1-3-39-29(37)26-28(30(38)40-4-2)34(33-31-26)19-24(36)35-27(21-14-9-6-10-15-21)23-17-11-16-22(25(23)32-35)18-20-12-7-5-8-13-20/h5-10,12-15,18,23,27H,3-4,11,16-17,19H2,1-2H3/b22-18+/t23-,27-/m0/s1. The Morgan fingerprint density at radius 2 is 1.62 bits per heavy atom. The quantitative estimate of drug-likeness (QED) is 0.387. The zero-order valence-corrected chi connectivity index (χ0v) is 22.5. The zero-order chi connectivity index (χ0) is 28.1. The highest BCUT2D eigenvalue weighted by Crippen LogP contribution is 2.44. The number of hydrazone groups is 1. The number of amides is 1. The highest BCUT2D eigenvalue weighted by atomic mass is 16.5. The molecule has 1 aliphatic carbocycles. The van der Waals surface area contributed by atoms with E-state index in [1.165, 1.54) is 5.01 Å². The summed E-state index contributed by atoms with van der Waals surface area (Å²) in [6.45, 7) is 3.11. The maximum Gasteiger partial charge on any atom is 0.361 e. The van der Waals surface area contributed by atoms with Gasteiger partial charge < -0.3 is 9.47 Å². The molecule has 1 aromatic heterocycles. The number of ether oxygens (including phenoxy) is 2. The van der Waals surface area contributed by atoms with Gasteiger partial charge in [-0.1, -0.05) is 65.9 Å². The van der Waals surface area contributed by atoms with Gasteiger partial charge >= 0.3 is 11.9 Å². The molecule has 0 bridgehead atoms. The molecule has 10 nitrogen and oxygen atoms in total. The molecule has 0 N–H and O–H groups in total. The minimum absolute atomic E-state index is 0.0189. The summed E-state index contributed by atoms with van der Waals surface area (Å²) in [7, 11) is 0. The summed E-state index contributed by atoms with van der Waals surface area (Å²) in [5.74, 6) is -1.99. The predicted octanol–water partition coefficient (Wildman–Crippen LogP) is 4.45. The maximum atomic E-state index is 13.9. The number of hydrogen-bond donors (Lipinski definition) is 0. The van der Waals surface area contributed by atoms with Crippen molar-refractivity contribution in [1.29, 1.82) is 0 Å². The lowest BCUT2D eigenvalue weighted by Crippen LogP contribution is -2.34. The van der Waals surface area contributed by atoms with Gasteiger partial charge in [0.15, 0.2) is 5.69 Å². The van der Waals surface area contributed by atoms with Crippen LogP contribution in [0.1, 0.15) is 71.3 Å². The second-order valence-corrected chi connectivity index (χ2v) is 9.54. The topological polar surface area (TPSA) is 116 Å². The van der Waals surface area contributed by atoms with E-state index in [0.717, 1.165) is 46.4 Å². The van der Waals surface area contributed by atoms with Crippen molar-refractivity contribution in [3.8, 4) is 0 Å². The highest BCUT2D eigenvalue weighted by molar-refractivity contribution is 6.08. The van der Waals surface area contributed by atoms with Gasteiger partial charge in [0.05, 0.1) is 25.0 Å². The van der Waals surface area contributed by atoms with Gasteiger partial charge in [0.25, 0.3) is 5.91 Å². The number of carbonyl (C=O) groups excluding carboxylic acids is 3. The van der Waals surface area contributed by atoms with Gasteiger partial charge in [-0.3, -0.25) is 4.79 Å². The molecular formula is C30H31N5O5. The molecule has 3 aromatic rings. The van der Waals surface area contributed by atoms with Crippen molar-refractivity contribution in [2.45, 2.75) is 45.7 Å². The summed E-state index contributed by atoms with van der Waals surface area (Å²) in [6, 6.07) is 19.6. The molecule has 2 heterocycles. The Hall–Kier alpha value is -4.60. The van der Waals surface area contributed by atoms with Gasteiger partial charge in [-0.2, -0.15) is 5.10 Å². The lowest BCUT2D eigenvalue weighted by atomic mass is 9.77. The average Bonchev–Trinajstić information content (AvgIpc) is 3.57. The number of allylic oxidation sites excluding steroid dienone is 1. The Morgan fingerprint density at radius 1 is 0.950 bits per heavy atom. The van der Waals surface area contributed by atoms with Crippen molar-refractivity contribution in [2.24, 2.45) is 11.0 Å². The van der Waals surface area contributed by atoms with Crippen LogP contribution in [0.25, 0.3) is 6.08 Å². The maximum absolute atomic E-state index is 13.9. The smallest absolute Gasteiger partial charge is 0.361 e. The lowest BCUT2D eigenvalue weighted by Gasteiger charge is -2.29. The molecule has 0 saturated heterocycles. The molecule has 0 radical (unpaired) electrons. The van der Waals surface area contributed by atoms with Crippen LogP contribution in [0.4, 0.5) is 0 Å². The molecule has 2 aliphatic rings. The summed E-state index contributed by atoms with van der Waals surface area (Å²) in [4.78, 5) is 39.1. The Labute approximate surface area is 232 Å². The van der Waals surface area contributed by atoms with E-state index in [1.807, 2.05) is 60.7 Å². The summed E-state index contributed by atoms with van der Waals surface area (Å²) < 4.78 is 11.3. The first kappa shape index (κ1) is 27.0. The third-order valence-corrected chi connectivity index (χ3v) is 7.00. The molecule has 1 saturated carbocycles. The number of aromatic nitrogens is 3. The van der Waals surface area contributed by atoms with E-state index in [0.29, 0.717) is 0 Å². The molecular weight excluding hydrogens is 510 g/mol. The number of carbonyl (C=O) groups is 3. The van der Waals surface area contributed by atoms with E-state index in [1.54, 1.807) is 13.8 Å². The van der Waals surface area contributed by atoms with Gasteiger partial charge in [-0.05, 0) is 55.9 Å². The SMILES string of the molecule is CCOC(=O)c1nnn(CC(=O)N2N=C3/C(=C/c4ccccc4)CCC[C@@H]3[C@@H]2c2ccccc2)c1C(=O)OCC. The fourth-order valence-electron chi connectivity index (χ4n) is 5.30. The zero-order valence-electron chi connectivity index (χ0n) is 22.5. The van der Waals surface area contributed by atoms with Crippen molar-refractivity contribution < 1.29 is 23.9 Å². The molecule has 40 heavy (non-hydrogen) atoms. The number of nitrogens with zero attached hydrogens (tertiary/aromatic N) is 5. The van der Waals surface area contributed by atoms with Crippen LogP contribution in [0.3, 0.4) is 0 Å². The second-order valence-electron chi connectivity index (χ2n) is 9.54. The van der Waals surface area contributed by atoms with E-state index in [9.17, 15) is 14.4 Å². The lowest BCUT2D eigenvalue weighted by molar-refractivity contribution is -0.134. The van der Waals surface area contributed by atoms with Crippen molar-refractivity contribution >= 4 is 29.6 Å². The average molecular weight is 542 g/mol. The first-order chi connectivity index (χ1) is 19.5. The summed E-state index contributed by atoms with van der Waals surface area (Å²) in [6.07, 6.45) is 4.88. The molecule has 2 atom stereocenters. The van der Waals surface area contributed by atoms with Crippen molar-refractivity contribution in [3.63, 3.8) is 0 Å². The minimum Gasteiger partial charge on any atom is -0.461 e. The highest BCUT2D eigenvalue weighted by Gasteiger charge is 2.44. The predicted molar refractivity (Wildman–Crippen MR) is 147 cm³/mol. The normalized spacial score (nSPS) is 19.2. The number of benzene rings is 2. The number of esters is 2. The summed E-state index contributed by atoms with van der Waals surface area (Å²) in [5.41, 5.74) is 3.54. The van der Waals surface area contributed by atoms with Gasteiger partial charge in [0.1, 0.15) is 6.54 Å². The minimum atomic E-state index is -0.811. The largest absolute Gasteiger partial charge is 0.461 e. The Kier molecular flexibility index (Phi) is 8.14. The molecule has 206 valence electrons. The molecule has 0 spiro atoms. The van der Waals surface area contributed by atoms with Gasteiger partial charge in [0.2, 0.25) is 5.69 Å². The van der Waals surface area contributed by atoms with Crippen LogP contribution in [-0.2, 0) is 20.8 Å². The molecule has 0 unspecified atom stereocenters. The monoisotopic (exact) mass is 541 g/mol. The fraction of sp³-hybridized carbons (Fsp3) is 0.333. The van der Waals surface area contributed by atoms with Gasteiger partial charge in [-0.15, -0.1) is 5.10 Å². The van der Waals surface area contributed by atoms with Crippen LogP contribution in [0.2, 0.25) is 0 Å². The second kappa shape index (κ2) is 12.1. The van der Waals surface area contributed by atoms with Crippen LogP contribution in [0.15, 0.2) is 71.3 Å². The van der Waals surface area contributed by atoms with E-state index in [2.05, 4.69) is 16.4 Å². The Morgan fingerprint density at radius 3 is 2.33 bits per heavy atom. The molecule has 5 rings (SSSR count). The van der Waals surface area contributed by atoms with Crippen molar-refractivity contribution in [3.05, 3.63) is 88.8 Å². The molecule has 1 aliphatic heterocycles. The van der Waals surface area contributed by atoms with Gasteiger partial charge in [-0.25, -0.2) is 19.3 Å². The Balaban J connectivity index is 1.51. The Bertz CT molecular complexity index is 1450. The third kappa shape index (κ3) is 5.42. The van der Waals surface area contributed by atoms with E-state index in [4.69, 9.17) is 14.6 Å². The van der Waals surface area contributed by atoms with E-state index >= 15 is 0 Å². The molecule has 2 aromatic carbocycles. The van der Waals surface area contributed by atoms with Crippen LogP contribution in [0, 0.1) is 5.92 Å². The summed E-state index contributed by atoms with van der Waals surface area (Å²) >= 11 is 0. The van der Waals surface area contributed by atoms with Crippen LogP contribution < -0.4 is 0 Å². The van der Waals surface area contributed by atoms with Crippen LogP contribution in [0.5, 0.6) is 0 Å². The van der Waals surface area contributed by atoms with Crippen molar-refractivity contribution in [1.82, 2.24) is 20.0 Å². The van der Waals surface area contributed by atoms with Crippen LogP contribution in [-0.4, -0.2) is 56.8 Å². The van der Waals surface area contributed by atoms with E-state index < -0.39 is 11.9 Å². The van der Waals surface area contributed by atoms with Crippen molar-refractivity contribution in [2.75, 3.05) is 13.2 Å². The fourth-order valence-corrected chi connectivity index (χ4v) is 5.30. The van der Waals surface area contributed by atoms with E-state index in [-0.39, 0.29) is 49.0 Å². The molecule has 10 heteroatoms. The number of hydrogen-bond acceptors (Lipinski definition) is 8. The van der Waals surface area contributed by atoms with Crippen LogP contribution >= 0.6 is 0 Å². The first-order valence-electron chi connectivity index (χ1n) is 13.5. The third-order valence-electron chi connectivity index (χ3n) is 7.00. The first-order valence-corrected chi connectivity index (χ1v) is 13.5. The number of rotatable bonds is 8. The number of fused-ring (bicyclic) bond motifs is 1. The summed E-state index contributed by atoms with van der Waals surface area (Å²) in [5, 5.41) is 14.2. The molecule has 1 amide bonds.